The minimum Gasteiger partial charge on any atom is -0.380 e. The molecule has 0 saturated carbocycles. The van der Waals surface area contributed by atoms with Gasteiger partial charge in [0.25, 0.3) is 0 Å². The van der Waals surface area contributed by atoms with Gasteiger partial charge < -0.3 is 14.6 Å². The molecule has 0 radical (unpaired) electrons. The molecule has 0 aliphatic carbocycles. The van der Waals surface area contributed by atoms with E-state index in [-0.39, 0.29) is 0 Å². The molecule has 2 aromatic rings. The van der Waals surface area contributed by atoms with E-state index in [4.69, 9.17) is 9.72 Å². The van der Waals surface area contributed by atoms with Gasteiger partial charge in [0, 0.05) is 32.2 Å². The van der Waals surface area contributed by atoms with Crippen LogP contribution in [-0.2, 0) is 17.7 Å². The molecule has 1 N–H and O–H groups in total. The lowest BCUT2D eigenvalue weighted by Crippen LogP contribution is -2.38. The zero-order chi connectivity index (χ0) is 13.8. The van der Waals surface area contributed by atoms with Crippen molar-refractivity contribution in [2.45, 2.75) is 38.8 Å². The Morgan fingerprint density at radius 1 is 1.40 bits per heavy atom. The molecule has 0 unspecified atom stereocenters. The first-order valence-electron chi connectivity index (χ1n) is 7.63. The third kappa shape index (κ3) is 2.86. The summed E-state index contributed by atoms with van der Waals surface area (Å²) in [7, 11) is 0. The highest BCUT2D eigenvalue weighted by Crippen LogP contribution is 2.16. The smallest absolute Gasteiger partial charge is 0.111 e. The number of imidazole rings is 1. The van der Waals surface area contributed by atoms with E-state index in [9.17, 15) is 0 Å². The molecule has 2 heterocycles. The molecule has 4 heteroatoms. The van der Waals surface area contributed by atoms with Gasteiger partial charge in [0.2, 0.25) is 0 Å². The number of fused-ring (bicyclic) bond motifs is 1. The summed E-state index contributed by atoms with van der Waals surface area (Å²) in [5, 5.41) is 3.59. The second-order valence-corrected chi connectivity index (χ2v) is 5.38. The fourth-order valence-electron chi connectivity index (χ4n) is 2.96. The van der Waals surface area contributed by atoms with Crippen LogP contribution in [0.15, 0.2) is 24.3 Å². The van der Waals surface area contributed by atoms with E-state index in [0.29, 0.717) is 6.04 Å². The lowest BCUT2D eigenvalue weighted by atomic mass is 10.1. The van der Waals surface area contributed by atoms with E-state index in [1.54, 1.807) is 0 Å². The number of hydrogen-bond acceptors (Lipinski definition) is 3. The predicted molar refractivity (Wildman–Crippen MR) is 81.0 cm³/mol. The van der Waals surface area contributed by atoms with E-state index in [2.05, 4.69) is 41.1 Å². The summed E-state index contributed by atoms with van der Waals surface area (Å²) in [6, 6.07) is 8.89. The summed E-state index contributed by atoms with van der Waals surface area (Å²) in [4.78, 5) is 4.76. The molecule has 3 rings (SSSR count). The molecule has 0 amide bonds. The van der Waals surface area contributed by atoms with Crippen molar-refractivity contribution in [3.8, 4) is 0 Å². The molecule has 1 saturated heterocycles. The molecule has 1 aromatic carbocycles. The van der Waals surface area contributed by atoms with Gasteiger partial charge >= 0.3 is 0 Å². The molecular weight excluding hydrogens is 250 g/mol. The van der Waals surface area contributed by atoms with Crippen molar-refractivity contribution in [1.29, 1.82) is 0 Å². The van der Waals surface area contributed by atoms with Gasteiger partial charge in [-0.25, -0.2) is 4.98 Å². The van der Waals surface area contributed by atoms with Crippen LogP contribution in [0.4, 0.5) is 0 Å². The third-order valence-corrected chi connectivity index (χ3v) is 3.99. The standard InChI is InChI=1S/C16H23N3O/c1-2-19-15-8-4-3-7-14(15)18-16(19)9-10-17-13-6-5-11-20-12-13/h3-4,7-8,13,17H,2,5-6,9-12H2,1H3/t13-/m1/s1. The van der Waals surface area contributed by atoms with Crippen molar-refractivity contribution in [1.82, 2.24) is 14.9 Å². The quantitative estimate of drug-likeness (QED) is 0.909. The fraction of sp³-hybridized carbons (Fsp3) is 0.562. The van der Waals surface area contributed by atoms with Crippen molar-refractivity contribution in [3.63, 3.8) is 0 Å². The number of nitrogens with one attached hydrogen (secondary N) is 1. The van der Waals surface area contributed by atoms with E-state index in [0.717, 1.165) is 38.2 Å². The van der Waals surface area contributed by atoms with Gasteiger partial charge in [-0.05, 0) is 31.9 Å². The average Bonchev–Trinajstić information content (AvgIpc) is 2.86. The minimum atomic E-state index is 0.517. The van der Waals surface area contributed by atoms with Crippen LogP contribution in [0.3, 0.4) is 0 Å². The molecular formula is C16H23N3O. The molecule has 1 atom stereocenters. The molecule has 108 valence electrons. The molecule has 0 bridgehead atoms. The van der Waals surface area contributed by atoms with Gasteiger partial charge in [-0.1, -0.05) is 12.1 Å². The molecule has 1 aliphatic heterocycles. The van der Waals surface area contributed by atoms with Gasteiger partial charge in [0.05, 0.1) is 17.6 Å². The first-order valence-corrected chi connectivity index (χ1v) is 7.63. The number of ether oxygens (including phenoxy) is 1. The van der Waals surface area contributed by atoms with Crippen molar-refractivity contribution in [2.24, 2.45) is 0 Å². The van der Waals surface area contributed by atoms with Gasteiger partial charge in [-0.2, -0.15) is 0 Å². The summed E-state index contributed by atoms with van der Waals surface area (Å²) >= 11 is 0. The Labute approximate surface area is 120 Å². The summed E-state index contributed by atoms with van der Waals surface area (Å²) < 4.78 is 7.81. The van der Waals surface area contributed by atoms with E-state index in [1.807, 2.05) is 0 Å². The Kier molecular flexibility index (Phi) is 4.33. The highest BCUT2D eigenvalue weighted by atomic mass is 16.5. The maximum absolute atomic E-state index is 5.49. The monoisotopic (exact) mass is 273 g/mol. The Morgan fingerprint density at radius 2 is 2.30 bits per heavy atom. The van der Waals surface area contributed by atoms with Crippen molar-refractivity contribution < 1.29 is 4.74 Å². The molecule has 1 fully saturated rings. The number of aryl methyl sites for hydroxylation is 1. The van der Waals surface area contributed by atoms with Crippen LogP contribution in [0.2, 0.25) is 0 Å². The first kappa shape index (κ1) is 13.6. The summed E-state index contributed by atoms with van der Waals surface area (Å²) in [5.41, 5.74) is 2.34. The number of nitrogens with zero attached hydrogens (tertiary/aromatic N) is 2. The highest BCUT2D eigenvalue weighted by Gasteiger charge is 2.14. The Balaban J connectivity index is 1.64. The van der Waals surface area contributed by atoms with Crippen molar-refractivity contribution >= 4 is 11.0 Å². The molecule has 0 spiro atoms. The lowest BCUT2D eigenvalue weighted by Gasteiger charge is -2.23. The van der Waals surface area contributed by atoms with Crippen LogP contribution >= 0.6 is 0 Å². The second-order valence-electron chi connectivity index (χ2n) is 5.38. The molecule has 20 heavy (non-hydrogen) atoms. The topological polar surface area (TPSA) is 39.1 Å². The van der Waals surface area contributed by atoms with E-state index in [1.165, 1.54) is 24.2 Å². The van der Waals surface area contributed by atoms with Crippen LogP contribution in [0.25, 0.3) is 11.0 Å². The minimum absolute atomic E-state index is 0.517. The molecule has 1 aliphatic rings. The van der Waals surface area contributed by atoms with E-state index < -0.39 is 0 Å². The van der Waals surface area contributed by atoms with Crippen LogP contribution in [0, 0.1) is 0 Å². The van der Waals surface area contributed by atoms with Crippen LogP contribution in [0.1, 0.15) is 25.6 Å². The Bertz CT molecular complexity index is 558. The number of para-hydroxylation sites is 2. The third-order valence-electron chi connectivity index (χ3n) is 3.99. The fourth-order valence-corrected chi connectivity index (χ4v) is 2.96. The van der Waals surface area contributed by atoms with E-state index >= 15 is 0 Å². The summed E-state index contributed by atoms with van der Waals surface area (Å²) in [6.45, 7) is 5.90. The van der Waals surface area contributed by atoms with Crippen LogP contribution in [0.5, 0.6) is 0 Å². The van der Waals surface area contributed by atoms with Gasteiger partial charge in [0.15, 0.2) is 0 Å². The zero-order valence-corrected chi connectivity index (χ0v) is 12.1. The number of aromatic nitrogens is 2. The number of rotatable bonds is 5. The number of benzene rings is 1. The van der Waals surface area contributed by atoms with Crippen LogP contribution < -0.4 is 5.32 Å². The zero-order valence-electron chi connectivity index (χ0n) is 12.1. The maximum Gasteiger partial charge on any atom is 0.111 e. The Morgan fingerprint density at radius 3 is 3.10 bits per heavy atom. The largest absolute Gasteiger partial charge is 0.380 e. The summed E-state index contributed by atoms with van der Waals surface area (Å²) in [5.74, 6) is 1.18. The Hall–Kier alpha value is -1.39. The first-order chi connectivity index (χ1) is 9.88. The molecule has 4 nitrogen and oxygen atoms in total. The van der Waals surface area contributed by atoms with Crippen molar-refractivity contribution in [3.05, 3.63) is 30.1 Å². The SMILES string of the molecule is CCn1c(CCN[C@@H]2CCCOC2)nc2ccccc21. The lowest BCUT2D eigenvalue weighted by molar-refractivity contribution is 0.0706. The normalized spacial score (nSPS) is 19.6. The summed E-state index contributed by atoms with van der Waals surface area (Å²) in [6.07, 6.45) is 3.37. The maximum atomic E-state index is 5.49. The molecule has 1 aromatic heterocycles. The number of hydrogen-bond donors (Lipinski definition) is 1. The highest BCUT2D eigenvalue weighted by molar-refractivity contribution is 5.75. The van der Waals surface area contributed by atoms with Gasteiger partial charge in [-0.3, -0.25) is 0 Å². The average molecular weight is 273 g/mol. The van der Waals surface area contributed by atoms with Crippen LogP contribution in [-0.4, -0.2) is 35.4 Å². The second kappa shape index (κ2) is 6.37. The van der Waals surface area contributed by atoms with Crippen molar-refractivity contribution in [2.75, 3.05) is 19.8 Å². The van der Waals surface area contributed by atoms with Gasteiger partial charge in [-0.15, -0.1) is 0 Å². The van der Waals surface area contributed by atoms with Gasteiger partial charge in [0.1, 0.15) is 5.82 Å². The predicted octanol–water partition coefficient (Wildman–Crippen LogP) is 2.37.